The number of carbonyl (C=O) groups is 1. The summed E-state index contributed by atoms with van der Waals surface area (Å²) < 4.78 is 0. The van der Waals surface area contributed by atoms with E-state index in [4.69, 9.17) is 0 Å². The molecule has 0 unspecified atom stereocenters. The Hall–Kier alpha value is -2.68. The van der Waals surface area contributed by atoms with Crippen LogP contribution >= 0.6 is 0 Å². The fourth-order valence-electron chi connectivity index (χ4n) is 5.07. The number of hydrogen-bond acceptors (Lipinski definition) is 2. The van der Waals surface area contributed by atoms with E-state index >= 15 is 0 Å². The number of hydrazone groups is 1. The summed E-state index contributed by atoms with van der Waals surface area (Å²) >= 11 is 0. The topological polar surface area (TPSA) is 41.5 Å². The van der Waals surface area contributed by atoms with Crippen molar-refractivity contribution >= 4 is 33.7 Å². The highest BCUT2D eigenvalue weighted by molar-refractivity contribution is 6.13. The van der Waals surface area contributed by atoms with Gasteiger partial charge in [-0.25, -0.2) is 5.43 Å². The molecule has 0 aliphatic carbocycles. The Morgan fingerprint density at radius 3 is 1.61 bits per heavy atom. The third-order valence-corrected chi connectivity index (χ3v) is 7.20. The van der Waals surface area contributed by atoms with E-state index in [-0.39, 0.29) is 5.91 Å². The van der Waals surface area contributed by atoms with Crippen LogP contribution in [-0.2, 0) is 4.79 Å². The zero-order valence-corrected chi connectivity index (χ0v) is 22.4. The molecule has 0 atom stereocenters. The van der Waals surface area contributed by atoms with Crippen LogP contribution in [0.2, 0.25) is 0 Å². The Bertz CT molecular complexity index is 1020. The molecule has 0 saturated heterocycles. The smallest absolute Gasteiger partial charge is 0.240 e. The van der Waals surface area contributed by atoms with E-state index in [2.05, 4.69) is 59.9 Å². The van der Waals surface area contributed by atoms with Gasteiger partial charge in [-0.3, -0.25) is 4.79 Å². The van der Waals surface area contributed by atoms with E-state index in [1.165, 1.54) is 94.2 Å². The van der Waals surface area contributed by atoms with E-state index in [1.54, 1.807) is 6.21 Å². The average Bonchev–Trinajstić information content (AvgIpc) is 2.90. The van der Waals surface area contributed by atoms with Crippen molar-refractivity contribution in [3.05, 3.63) is 60.2 Å². The van der Waals surface area contributed by atoms with E-state index in [0.29, 0.717) is 6.42 Å². The van der Waals surface area contributed by atoms with Crippen LogP contribution < -0.4 is 5.43 Å². The van der Waals surface area contributed by atoms with E-state index < -0.39 is 0 Å². The predicted octanol–water partition coefficient (Wildman–Crippen LogP) is 9.70. The second-order valence-electron chi connectivity index (χ2n) is 10.2. The molecule has 0 fully saturated rings. The van der Waals surface area contributed by atoms with Crippen molar-refractivity contribution in [2.75, 3.05) is 0 Å². The maximum atomic E-state index is 12.3. The highest BCUT2D eigenvalue weighted by Crippen LogP contribution is 2.27. The summed E-state index contributed by atoms with van der Waals surface area (Å²) in [6.07, 6.45) is 22.3. The predicted molar refractivity (Wildman–Crippen MR) is 157 cm³/mol. The fourth-order valence-corrected chi connectivity index (χ4v) is 5.07. The van der Waals surface area contributed by atoms with Gasteiger partial charge in [0.2, 0.25) is 5.91 Å². The number of rotatable bonds is 18. The van der Waals surface area contributed by atoms with Crippen molar-refractivity contribution < 1.29 is 4.79 Å². The number of hydrogen-bond donors (Lipinski definition) is 1. The Balaban J connectivity index is 1.25. The lowest BCUT2D eigenvalue weighted by Crippen LogP contribution is -2.16. The van der Waals surface area contributed by atoms with Crippen LogP contribution in [0.25, 0.3) is 21.5 Å². The highest BCUT2D eigenvalue weighted by atomic mass is 16.2. The zero-order chi connectivity index (χ0) is 25.3. The molecular weight excluding hydrogens is 440 g/mol. The summed E-state index contributed by atoms with van der Waals surface area (Å²) in [5.41, 5.74) is 3.79. The van der Waals surface area contributed by atoms with Crippen LogP contribution in [0.4, 0.5) is 0 Å². The number of nitrogens with one attached hydrogen (secondary N) is 1. The van der Waals surface area contributed by atoms with Crippen molar-refractivity contribution in [2.45, 2.75) is 110 Å². The molecule has 0 spiro atoms. The summed E-state index contributed by atoms with van der Waals surface area (Å²) in [5, 5.41) is 8.97. The molecule has 3 aromatic rings. The molecule has 1 N–H and O–H groups in total. The normalized spacial score (nSPS) is 11.6. The third-order valence-electron chi connectivity index (χ3n) is 7.20. The second kappa shape index (κ2) is 16.9. The molecule has 0 heterocycles. The minimum atomic E-state index is 0.00508. The SMILES string of the molecule is CCCCCCCCCCCCCCCCCC(=O)N/N=C/c1c2ccccc2cc2ccccc12. The first-order valence-corrected chi connectivity index (χ1v) is 14.5. The summed E-state index contributed by atoms with van der Waals surface area (Å²) in [4.78, 5) is 12.3. The lowest BCUT2D eigenvalue weighted by Gasteiger charge is -2.08. The van der Waals surface area contributed by atoms with Gasteiger partial charge in [0.05, 0.1) is 6.21 Å². The van der Waals surface area contributed by atoms with Crippen molar-refractivity contribution in [3.8, 4) is 0 Å². The van der Waals surface area contributed by atoms with Gasteiger partial charge in [-0.05, 0) is 34.0 Å². The second-order valence-corrected chi connectivity index (χ2v) is 10.2. The number of fused-ring (bicyclic) bond motifs is 2. The maximum Gasteiger partial charge on any atom is 0.240 e. The number of unbranched alkanes of at least 4 members (excludes halogenated alkanes) is 14. The Labute approximate surface area is 218 Å². The van der Waals surface area contributed by atoms with Crippen LogP contribution in [0.5, 0.6) is 0 Å². The maximum absolute atomic E-state index is 12.3. The molecule has 3 rings (SSSR count). The molecule has 0 saturated carbocycles. The van der Waals surface area contributed by atoms with Crippen molar-refractivity contribution in [3.63, 3.8) is 0 Å². The van der Waals surface area contributed by atoms with Crippen molar-refractivity contribution in [2.24, 2.45) is 5.10 Å². The summed E-state index contributed by atoms with van der Waals surface area (Å²) in [5.74, 6) is 0.00508. The average molecular weight is 487 g/mol. The van der Waals surface area contributed by atoms with Crippen LogP contribution in [0.3, 0.4) is 0 Å². The van der Waals surface area contributed by atoms with Crippen molar-refractivity contribution in [1.82, 2.24) is 5.43 Å². The number of amides is 1. The first kappa shape index (κ1) is 27.9. The third kappa shape index (κ3) is 9.76. The molecule has 1 amide bonds. The van der Waals surface area contributed by atoms with Gasteiger partial charge in [-0.15, -0.1) is 0 Å². The van der Waals surface area contributed by atoms with Gasteiger partial charge in [-0.2, -0.15) is 5.10 Å². The number of carbonyl (C=O) groups excluding carboxylic acids is 1. The zero-order valence-electron chi connectivity index (χ0n) is 22.4. The molecule has 0 radical (unpaired) electrons. The first-order chi connectivity index (χ1) is 17.8. The van der Waals surface area contributed by atoms with E-state index in [9.17, 15) is 4.79 Å². The Morgan fingerprint density at radius 1 is 0.667 bits per heavy atom. The quantitative estimate of drug-likeness (QED) is 0.0826. The summed E-state index contributed by atoms with van der Waals surface area (Å²) in [6.45, 7) is 2.28. The Kier molecular flexibility index (Phi) is 13.1. The van der Waals surface area contributed by atoms with E-state index in [1.807, 2.05) is 12.1 Å². The molecule has 3 aromatic carbocycles. The summed E-state index contributed by atoms with van der Waals surface area (Å²) in [7, 11) is 0. The van der Waals surface area contributed by atoms with Crippen LogP contribution in [0.1, 0.15) is 115 Å². The monoisotopic (exact) mass is 486 g/mol. The van der Waals surface area contributed by atoms with Crippen LogP contribution in [0, 0.1) is 0 Å². The van der Waals surface area contributed by atoms with Gasteiger partial charge in [-0.1, -0.05) is 145 Å². The highest BCUT2D eigenvalue weighted by Gasteiger charge is 2.06. The minimum Gasteiger partial charge on any atom is -0.273 e. The lowest BCUT2D eigenvalue weighted by atomic mass is 9.97. The van der Waals surface area contributed by atoms with Gasteiger partial charge in [0.1, 0.15) is 0 Å². The van der Waals surface area contributed by atoms with Crippen LogP contribution in [-0.4, -0.2) is 12.1 Å². The molecule has 3 nitrogen and oxygen atoms in total. The van der Waals surface area contributed by atoms with Crippen molar-refractivity contribution in [1.29, 1.82) is 0 Å². The molecule has 0 bridgehead atoms. The standard InChI is InChI=1S/C33H46N2O/c1-2-3-4-5-6-7-8-9-10-11-12-13-14-15-16-25-33(36)35-34-27-32-30-23-19-17-21-28(30)26-29-22-18-20-24-31(29)32/h17-24,26-27H,2-16,25H2,1H3,(H,35,36)/b34-27+. The molecule has 36 heavy (non-hydrogen) atoms. The van der Waals surface area contributed by atoms with Gasteiger partial charge in [0.25, 0.3) is 0 Å². The molecule has 194 valence electrons. The summed E-state index contributed by atoms with van der Waals surface area (Å²) in [6, 6.07) is 18.9. The molecule has 0 aliphatic rings. The van der Waals surface area contributed by atoms with Crippen LogP contribution in [0.15, 0.2) is 59.7 Å². The van der Waals surface area contributed by atoms with E-state index in [0.717, 1.165) is 29.2 Å². The Morgan fingerprint density at radius 2 is 1.11 bits per heavy atom. The largest absolute Gasteiger partial charge is 0.273 e. The number of nitrogens with zero attached hydrogens (tertiary/aromatic N) is 1. The fraction of sp³-hybridized carbons (Fsp3) is 0.515. The van der Waals surface area contributed by atoms with Gasteiger partial charge < -0.3 is 0 Å². The first-order valence-electron chi connectivity index (χ1n) is 14.5. The molecular formula is C33H46N2O. The molecule has 3 heteroatoms. The van der Waals surface area contributed by atoms with Gasteiger partial charge >= 0.3 is 0 Å². The molecule has 0 aromatic heterocycles. The van der Waals surface area contributed by atoms with Gasteiger partial charge in [0.15, 0.2) is 0 Å². The molecule has 0 aliphatic heterocycles. The lowest BCUT2D eigenvalue weighted by molar-refractivity contribution is -0.121. The van der Waals surface area contributed by atoms with Gasteiger partial charge in [0, 0.05) is 12.0 Å². The number of benzene rings is 3. The minimum absolute atomic E-state index is 0.00508.